The second-order valence-corrected chi connectivity index (χ2v) is 6.02. The maximum atomic E-state index is 12.1. The average Bonchev–Trinajstić information content (AvgIpc) is 2.80. The Morgan fingerprint density at radius 2 is 2.22 bits per heavy atom. The number of pyridine rings is 1. The third-order valence-electron chi connectivity index (χ3n) is 3.43. The molecule has 18 heavy (non-hydrogen) atoms. The molecule has 1 heterocycles. The number of anilines is 1. The Labute approximate surface area is 116 Å². The minimum atomic E-state index is -0.110. The Balaban J connectivity index is 2.05. The van der Waals surface area contributed by atoms with Gasteiger partial charge in [0, 0.05) is 6.20 Å². The predicted molar refractivity (Wildman–Crippen MR) is 73.4 cm³/mol. The molecule has 1 aromatic rings. The van der Waals surface area contributed by atoms with Crippen molar-refractivity contribution in [2.24, 2.45) is 17.3 Å². The van der Waals surface area contributed by atoms with E-state index in [4.69, 9.17) is 23.2 Å². The minimum Gasteiger partial charge on any atom is -0.324 e. The zero-order valence-corrected chi connectivity index (χ0v) is 11.7. The monoisotopic (exact) mass is 284 g/mol. The van der Waals surface area contributed by atoms with Crippen molar-refractivity contribution in [3.63, 3.8) is 0 Å². The lowest BCUT2D eigenvalue weighted by molar-refractivity contribution is -0.118. The molecule has 0 saturated heterocycles. The van der Waals surface area contributed by atoms with Gasteiger partial charge in [0.1, 0.15) is 4.49 Å². The van der Waals surface area contributed by atoms with Crippen LogP contribution in [0.3, 0.4) is 0 Å². The number of hydrogen-bond donors (Lipinski definition) is 1. The van der Waals surface area contributed by atoms with Crippen molar-refractivity contribution < 1.29 is 4.79 Å². The molecule has 1 N–H and O–H groups in total. The standard InChI is InChI=1S/C13H14Cl2N2O/c1-13(2)9(6-10(14)15)11(13)12(18)17-8-4-3-5-16-7-8/h3-7,9,11H,1-2H3,(H,17,18)/t9-,11+/m0/s1. The fourth-order valence-electron chi connectivity index (χ4n) is 2.28. The first-order valence-corrected chi connectivity index (χ1v) is 6.42. The molecule has 0 aromatic carbocycles. The van der Waals surface area contributed by atoms with Crippen molar-refractivity contribution in [1.29, 1.82) is 0 Å². The first-order valence-electron chi connectivity index (χ1n) is 5.66. The lowest BCUT2D eigenvalue weighted by Crippen LogP contribution is -2.16. The third kappa shape index (κ3) is 2.68. The summed E-state index contributed by atoms with van der Waals surface area (Å²) < 4.78 is 0.213. The van der Waals surface area contributed by atoms with E-state index in [1.54, 1.807) is 30.6 Å². The van der Waals surface area contributed by atoms with Gasteiger partial charge in [0.05, 0.1) is 17.8 Å². The quantitative estimate of drug-likeness (QED) is 0.921. The van der Waals surface area contributed by atoms with E-state index < -0.39 is 0 Å². The van der Waals surface area contributed by atoms with Gasteiger partial charge in [0.15, 0.2) is 0 Å². The van der Waals surface area contributed by atoms with Crippen molar-refractivity contribution >= 4 is 34.8 Å². The van der Waals surface area contributed by atoms with Gasteiger partial charge in [-0.15, -0.1) is 0 Å². The van der Waals surface area contributed by atoms with Crippen LogP contribution in [0.15, 0.2) is 35.1 Å². The summed E-state index contributed by atoms with van der Waals surface area (Å²) in [5.74, 6) is -0.0480. The van der Waals surface area contributed by atoms with Crippen LogP contribution in [0.4, 0.5) is 5.69 Å². The van der Waals surface area contributed by atoms with Gasteiger partial charge in [-0.1, -0.05) is 37.0 Å². The molecule has 0 aliphatic heterocycles. The van der Waals surface area contributed by atoms with Gasteiger partial charge < -0.3 is 5.32 Å². The topological polar surface area (TPSA) is 42.0 Å². The minimum absolute atomic E-state index is 0.0242. The third-order valence-corrected chi connectivity index (χ3v) is 3.68. The molecule has 0 unspecified atom stereocenters. The van der Waals surface area contributed by atoms with Crippen molar-refractivity contribution in [3.8, 4) is 0 Å². The number of nitrogens with zero attached hydrogens (tertiary/aromatic N) is 1. The number of hydrogen-bond acceptors (Lipinski definition) is 2. The van der Waals surface area contributed by atoms with E-state index in [9.17, 15) is 4.79 Å². The Morgan fingerprint density at radius 1 is 1.50 bits per heavy atom. The largest absolute Gasteiger partial charge is 0.324 e. The van der Waals surface area contributed by atoms with E-state index in [1.807, 2.05) is 13.8 Å². The van der Waals surface area contributed by atoms with Crippen molar-refractivity contribution in [1.82, 2.24) is 4.98 Å². The molecule has 1 amide bonds. The molecule has 0 radical (unpaired) electrons. The van der Waals surface area contributed by atoms with Crippen molar-refractivity contribution in [2.75, 3.05) is 5.32 Å². The van der Waals surface area contributed by atoms with Crippen LogP contribution in [-0.2, 0) is 4.79 Å². The van der Waals surface area contributed by atoms with Gasteiger partial charge in [-0.2, -0.15) is 0 Å². The zero-order valence-electron chi connectivity index (χ0n) is 10.2. The summed E-state index contributed by atoms with van der Waals surface area (Å²) in [4.78, 5) is 16.1. The summed E-state index contributed by atoms with van der Waals surface area (Å²) in [6, 6.07) is 3.58. The molecule has 0 spiro atoms. The van der Waals surface area contributed by atoms with E-state index >= 15 is 0 Å². The Morgan fingerprint density at radius 3 is 2.78 bits per heavy atom. The van der Waals surface area contributed by atoms with Crippen molar-refractivity contribution in [2.45, 2.75) is 13.8 Å². The summed E-state index contributed by atoms with van der Waals surface area (Å²) in [6.45, 7) is 4.05. The summed E-state index contributed by atoms with van der Waals surface area (Å²) >= 11 is 11.3. The van der Waals surface area contributed by atoms with Crippen LogP contribution in [0.5, 0.6) is 0 Å². The van der Waals surface area contributed by atoms with Crippen LogP contribution in [0.2, 0.25) is 0 Å². The summed E-state index contributed by atoms with van der Waals surface area (Å²) in [5.41, 5.74) is 0.589. The van der Waals surface area contributed by atoms with Crippen LogP contribution in [0.1, 0.15) is 13.8 Å². The molecular weight excluding hydrogens is 271 g/mol. The summed E-state index contributed by atoms with van der Waals surface area (Å²) in [6.07, 6.45) is 5.01. The van der Waals surface area contributed by atoms with Gasteiger partial charge in [-0.3, -0.25) is 9.78 Å². The highest BCUT2D eigenvalue weighted by atomic mass is 35.5. The van der Waals surface area contributed by atoms with Crippen LogP contribution < -0.4 is 5.32 Å². The maximum Gasteiger partial charge on any atom is 0.228 e. The summed E-state index contributed by atoms with van der Waals surface area (Å²) in [5, 5.41) is 2.85. The van der Waals surface area contributed by atoms with Gasteiger partial charge in [0.2, 0.25) is 5.91 Å². The number of amides is 1. The molecule has 1 saturated carbocycles. The molecule has 1 aliphatic carbocycles. The number of allylic oxidation sites excluding steroid dienone is 1. The predicted octanol–water partition coefficient (Wildman–Crippen LogP) is 3.61. The van der Waals surface area contributed by atoms with E-state index in [0.29, 0.717) is 5.69 Å². The van der Waals surface area contributed by atoms with E-state index in [0.717, 1.165) is 0 Å². The number of aromatic nitrogens is 1. The molecule has 5 heteroatoms. The first-order chi connectivity index (χ1) is 8.43. The fraction of sp³-hybridized carbons (Fsp3) is 0.385. The number of carbonyl (C=O) groups is 1. The van der Waals surface area contributed by atoms with Gasteiger partial charge in [0.25, 0.3) is 0 Å². The molecule has 96 valence electrons. The molecule has 1 fully saturated rings. The molecule has 3 nitrogen and oxygen atoms in total. The average molecular weight is 285 g/mol. The van der Waals surface area contributed by atoms with E-state index in [-0.39, 0.29) is 27.6 Å². The number of nitrogens with one attached hydrogen (secondary N) is 1. The molecule has 2 rings (SSSR count). The SMILES string of the molecule is CC1(C)[C@@H](C=C(Cl)Cl)[C@@H]1C(=O)Nc1cccnc1. The van der Waals surface area contributed by atoms with Crippen molar-refractivity contribution in [3.05, 3.63) is 35.1 Å². The molecular formula is C13H14Cl2N2O. The normalized spacial score (nSPS) is 24.2. The fourth-order valence-corrected chi connectivity index (χ4v) is 2.55. The number of halogens is 2. The zero-order chi connectivity index (χ0) is 13.3. The van der Waals surface area contributed by atoms with E-state index in [2.05, 4.69) is 10.3 Å². The Bertz CT molecular complexity index is 481. The van der Waals surface area contributed by atoms with Gasteiger partial charge in [-0.25, -0.2) is 0 Å². The molecule has 1 aliphatic rings. The van der Waals surface area contributed by atoms with Crippen LogP contribution in [0, 0.1) is 17.3 Å². The highest BCUT2D eigenvalue weighted by Crippen LogP contribution is 2.59. The van der Waals surface area contributed by atoms with Crippen LogP contribution in [-0.4, -0.2) is 10.9 Å². The molecule has 1 aromatic heterocycles. The molecule has 0 bridgehead atoms. The van der Waals surface area contributed by atoms with Crippen LogP contribution in [0.25, 0.3) is 0 Å². The number of carbonyl (C=O) groups excluding carboxylic acids is 1. The van der Waals surface area contributed by atoms with E-state index in [1.165, 1.54) is 0 Å². The molecule has 2 atom stereocenters. The lowest BCUT2D eigenvalue weighted by atomic mass is 10.1. The highest BCUT2D eigenvalue weighted by molar-refractivity contribution is 6.55. The Hall–Kier alpha value is -1.06. The smallest absolute Gasteiger partial charge is 0.228 e. The van der Waals surface area contributed by atoms with Gasteiger partial charge >= 0.3 is 0 Å². The summed E-state index contributed by atoms with van der Waals surface area (Å²) in [7, 11) is 0. The maximum absolute atomic E-state index is 12.1. The first kappa shape index (κ1) is 13.4. The number of rotatable bonds is 3. The second kappa shape index (κ2) is 4.90. The second-order valence-electron chi connectivity index (χ2n) is 5.01. The lowest BCUT2D eigenvalue weighted by Gasteiger charge is -2.05. The Kier molecular flexibility index (Phi) is 3.64. The highest BCUT2D eigenvalue weighted by Gasteiger charge is 2.60. The van der Waals surface area contributed by atoms with Gasteiger partial charge in [-0.05, 0) is 29.5 Å². The van der Waals surface area contributed by atoms with Crippen LogP contribution >= 0.6 is 23.2 Å².